The monoisotopic (exact) mass is 332 g/mol. The number of ether oxygens (including phenoxy) is 2. The molecule has 3 aromatic rings. The van der Waals surface area contributed by atoms with Crippen LogP contribution in [-0.2, 0) is 0 Å². The summed E-state index contributed by atoms with van der Waals surface area (Å²) in [5.74, 6) is 1.79. The van der Waals surface area contributed by atoms with Crippen molar-refractivity contribution < 1.29 is 14.3 Å². The van der Waals surface area contributed by atoms with Gasteiger partial charge < -0.3 is 9.47 Å². The Morgan fingerprint density at radius 3 is 2.86 bits per heavy atom. The van der Waals surface area contributed by atoms with Gasteiger partial charge in [0.25, 0.3) is 0 Å². The number of carbonyl (C=O) groups excluding carboxylic acids is 1. The molecule has 0 bridgehead atoms. The molecule has 104 valence electrons. The van der Waals surface area contributed by atoms with Crippen LogP contribution in [0.3, 0.4) is 0 Å². The van der Waals surface area contributed by atoms with Crippen LogP contribution in [0, 0.1) is 0 Å². The second kappa shape index (κ2) is 4.19. The lowest BCUT2D eigenvalue weighted by atomic mass is 10.2. The first kappa shape index (κ1) is 12.0. The SMILES string of the molecule is O=C1c2ccsc2-c2sc(-c3scc4c3OCCO4)cc21. The van der Waals surface area contributed by atoms with Gasteiger partial charge in [-0.25, -0.2) is 0 Å². The summed E-state index contributed by atoms with van der Waals surface area (Å²) in [5, 5.41) is 3.96. The van der Waals surface area contributed by atoms with Gasteiger partial charge in [0.2, 0.25) is 0 Å². The van der Waals surface area contributed by atoms with Crippen LogP contribution in [0.4, 0.5) is 0 Å². The molecule has 21 heavy (non-hydrogen) atoms. The topological polar surface area (TPSA) is 35.5 Å². The highest BCUT2D eigenvalue weighted by Gasteiger charge is 2.32. The molecule has 0 saturated carbocycles. The first-order valence-electron chi connectivity index (χ1n) is 6.47. The van der Waals surface area contributed by atoms with Crippen LogP contribution in [0.2, 0.25) is 0 Å². The Morgan fingerprint density at radius 2 is 1.90 bits per heavy atom. The lowest BCUT2D eigenvalue weighted by Gasteiger charge is -2.15. The Morgan fingerprint density at radius 1 is 1.00 bits per heavy atom. The Hall–Kier alpha value is -1.63. The second-order valence-corrected chi connectivity index (χ2v) is 7.65. The Labute approximate surface area is 132 Å². The van der Waals surface area contributed by atoms with Crippen molar-refractivity contribution in [1.29, 1.82) is 0 Å². The fourth-order valence-electron chi connectivity index (χ4n) is 2.68. The highest BCUT2D eigenvalue weighted by Crippen LogP contribution is 2.52. The van der Waals surface area contributed by atoms with Gasteiger partial charge in [-0.15, -0.1) is 34.0 Å². The maximum Gasteiger partial charge on any atom is 0.196 e. The second-order valence-electron chi connectivity index (χ2n) is 4.80. The van der Waals surface area contributed by atoms with Crippen molar-refractivity contribution in [2.45, 2.75) is 0 Å². The van der Waals surface area contributed by atoms with Crippen molar-refractivity contribution in [1.82, 2.24) is 0 Å². The highest BCUT2D eigenvalue weighted by molar-refractivity contribution is 7.27. The third-order valence-corrected chi connectivity index (χ3v) is 6.95. The van der Waals surface area contributed by atoms with E-state index in [2.05, 4.69) is 0 Å². The van der Waals surface area contributed by atoms with Crippen LogP contribution < -0.4 is 9.47 Å². The zero-order valence-electron chi connectivity index (χ0n) is 10.7. The molecule has 6 heteroatoms. The van der Waals surface area contributed by atoms with Gasteiger partial charge in [-0.1, -0.05) is 0 Å². The van der Waals surface area contributed by atoms with Crippen molar-refractivity contribution in [3.05, 3.63) is 34.0 Å². The van der Waals surface area contributed by atoms with E-state index >= 15 is 0 Å². The fraction of sp³-hybridized carbons (Fsp3) is 0.133. The van der Waals surface area contributed by atoms with Crippen molar-refractivity contribution in [3.63, 3.8) is 0 Å². The Balaban J connectivity index is 1.68. The summed E-state index contributed by atoms with van der Waals surface area (Å²) < 4.78 is 11.3. The van der Waals surface area contributed by atoms with Crippen LogP contribution in [0.25, 0.3) is 19.5 Å². The van der Waals surface area contributed by atoms with E-state index in [0.717, 1.165) is 42.1 Å². The van der Waals surface area contributed by atoms with Crippen molar-refractivity contribution in [3.8, 4) is 31.0 Å². The molecule has 2 aliphatic rings. The normalized spacial score (nSPS) is 15.1. The zero-order chi connectivity index (χ0) is 14.0. The first-order valence-corrected chi connectivity index (χ1v) is 9.04. The van der Waals surface area contributed by atoms with E-state index in [9.17, 15) is 4.79 Å². The van der Waals surface area contributed by atoms with Gasteiger partial charge in [-0.3, -0.25) is 4.79 Å². The molecule has 0 amide bonds. The molecule has 0 saturated heterocycles. The van der Waals surface area contributed by atoms with Gasteiger partial charge in [0.15, 0.2) is 17.3 Å². The summed E-state index contributed by atoms with van der Waals surface area (Å²) in [6, 6.07) is 3.91. The number of rotatable bonds is 1. The van der Waals surface area contributed by atoms with Gasteiger partial charge in [-0.2, -0.15) is 0 Å². The zero-order valence-corrected chi connectivity index (χ0v) is 13.1. The molecule has 0 aromatic carbocycles. The molecule has 0 radical (unpaired) electrons. The minimum atomic E-state index is 0.145. The number of carbonyl (C=O) groups is 1. The van der Waals surface area contributed by atoms with Crippen molar-refractivity contribution in [2.24, 2.45) is 0 Å². The van der Waals surface area contributed by atoms with E-state index in [0.29, 0.717) is 13.2 Å². The van der Waals surface area contributed by atoms with Crippen molar-refractivity contribution >= 4 is 39.8 Å². The maximum atomic E-state index is 12.4. The standard InChI is InChI=1S/C15H8O3S3/c16-11-7-1-4-19-13(7)14-8(11)5-10(21-14)15-12-9(6-20-15)17-2-3-18-12/h1,4-6H,2-3H2. The van der Waals surface area contributed by atoms with E-state index in [4.69, 9.17) is 9.47 Å². The van der Waals surface area contributed by atoms with E-state index < -0.39 is 0 Å². The molecule has 0 atom stereocenters. The summed E-state index contributed by atoms with van der Waals surface area (Å²) in [4.78, 5) is 16.7. The summed E-state index contributed by atoms with van der Waals surface area (Å²) in [6.07, 6.45) is 0. The lowest BCUT2D eigenvalue weighted by Crippen LogP contribution is -2.14. The predicted octanol–water partition coefficient (Wildman–Crippen LogP) is 4.52. The van der Waals surface area contributed by atoms with Crippen LogP contribution in [0.5, 0.6) is 11.5 Å². The molecule has 1 aliphatic heterocycles. The highest BCUT2D eigenvalue weighted by atomic mass is 32.1. The Kier molecular flexibility index (Phi) is 2.39. The fourth-order valence-corrected chi connectivity index (χ4v) is 5.95. The molecule has 4 heterocycles. The molecule has 3 aromatic heterocycles. The summed E-state index contributed by atoms with van der Waals surface area (Å²) in [7, 11) is 0. The number of hydrogen-bond donors (Lipinski definition) is 0. The van der Waals surface area contributed by atoms with Gasteiger partial charge in [-0.05, 0) is 17.5 Å². The molecular weight excluding hydrogens is 324 g/mol. The predicted molar refractivity (Wildman–Crippen MR) is 85.4 cm³/mol. The van der Waals surface area contributed by atoms with Gasteiger partial charge in [0.05, 0.1) is 14.6 Å². The molecule has 0 unspecified atom stereocenters. The average Bonchev–Trinajstić information content (AvgIpc) is 3.23. The minimum absolute atomic E-state index is 0.145. The van der Waals surface area contributed by atoms with Crippen molar-refractivity contribution in [2.75, 3.05) is 13.2 Å². The van der Waals surface area contributed by atoms with Gasteiger partial charge in [0, 0.05) is 21.4 Å². The molecular formula is C15H8O3S3. The average molecular weight is 332 g/mol. The van der Waals surface area contributed by atoms with Gasteiger partial charge in [0.1, 0.15) is 13.2 Å². The van der Waals surface area contributed by atoms with E-state index in [1.165, 1.54) is 0 Å². The van der Waals surface area contributed by atoms with Crippen LogP contribution in [0.15, 0.2) is 22.9 Å². The molecule has 5 rings (SSSR count). The number of hydrogen-bond acceptors (Lipinski definition) is 6. The van der Waals surface area contributed by atoms with Crippen LogP contribution >= 0.6 is 34.0 Å². The lowest BCUT2D eigenvalue weighted by molar-refractivity contribution is 0.104. The third kappa shape index (κ3) is 1.55. The smallest absolute Gasteiger partial charge is 0.196 e. The molecule has 3 nitrogen and oxygen atoms in total. The van der Waals surface area contributed by atoms with Crippen LogP contribution in [0.1, 0.15) is 15.9 Å². The third-order valence-electron chi connectivity index (χ3n) is 3.62. The van der Waals surface area contributed by atoms with E-state index in [1.54, 1.807) is 34.0 Å². The number of fused-ring (bicyclic) bond motifs is 4. The molecule has 0 spiro atoms. The number of ketones is 1. The number of thiophene rings is 3. The first-order chi connectivity index (χ1) is 10.3. The quantitative estimate of drug-likeness (QED) is 0.514. The van der Waals surface area contributed by atoms with E-state index in [-0.39, 0.29) is 5.78 Å². The summed E-state index contributed by atoms with van der Waals surface area (Å²) in [5.41, 5.74) is 1.68. The molecule has 0 fully saturated rings. The summed E-state index contributed by atoms with van der Waals surface area (Å²) >= 11 is 4.92. The largest absolute Gasteiger partial charge is 0.485 e. The molecule has 1 aliphatic carbocycles. The molecule has 0 N–H and O–H groups in total. The Bertz CT molecular complexity index is 884. The minimum Gasteiger partial charge on any atom is -0.485 e. The van der Waals surface area contributed by atoms with E-state index in [1.807, 2.05) is 22.9 Å². The van der Waals surface area contributed by atoms with Gasteiger partial charge >= 0.3 is 0 Å². The maximum absolute atomic E-state index is 12.4. The summed E-state index contributed by atoms with van der Waals surface area (Å²) in [6.45, 7) is 1.18. The van der Waals surface area contributed by atoms with Crippen LogP contribution in [-0.4, -0.2) is 19.0 Å².